The maximum absolute atomic E-state index is 6.81. The van der Waals surface area contributed by atoms with E-state index in [1.54, 1.807) is 0 Å². The largest absolute Gasteiger partial charge is 0.298 e. The second-order valence-electron chi connectivity index (χ2n) is 8.55. The van der Waals surface area contributed by atoms with Gasteiger partial charge in [0, 0.05) is 30.6 Å². The molecule has 2 aromatic carbocycles. The molecule has 1 saturated heterocycles. The molecule has 1 aliphatic carbocycles. The molecular weight excluding hydrogens is 326 g/mol. The second-order valence-corrected chi connectivity index (χ2v) is 8.93. The summed E-state index contributed by atoms with van der Waals surface area (Å²) in [6, 6.07) is 15.5. The molecule has 0 bridgehead atoms. The summed E-state index contributed by atoms with van der Waals surface area (Å²) in [5.41, 5.74) is 6.04. The van der Waals surface area contributed by atoms with Crippen molar-refractivity contribution in [2.24, 2.45) is 5.41 Å². The van der Waals surface area contributed by atoms with Crippen molar-refractivity contribution in [1.82, 2.24) is 4.90 Å². The normalized spacial score (nSPS) is 25.9. The Bertz CT molecular complexity index is 767. The van der Waals surface area contributed by atoms with Crippen molar-refractivity contribution in [2.75, 3.05) is 13.1 Å². The number of benzene rings is 2. The van der Waals surface area contributed by atoms with Gasteiger partial charge in [0.1, 0.15) is 0 Å². The highest BCUT2D eigenvalue weighted by molar-refractivity contribution is 6.32. The molecule has 4 rings (SSSR count). The molecule has 25 heavy (non-hydrogen) atoms. The smallest absolute Gasteiger partial charge is 0.0475 e. The maximum atomic E-state index is 6.81. The van der Waals surface area contributed by atoms with E-state index in [-0.39, 0.29) is 0 Å². The fraction of sp³-hybridized carbons (Fsp3) is 0.478. The molecule has 0 amide bonds. The van der Waals surface area contributed by atoms with Gasteiger partial charge in [-0.25, -0.2) is 0 Å². The van der Waals surface area contributed by atoms with Gasteiger partial charge < -0.3 is 0 Å². The average Bonchev–Trinajstić information content (AvgIpc) is 2.92. The molecule has 1 fully saturated rings. The summed E-state index contributed by atoms with van der Waals surface area (Å²) in [4.78, 5) is 2.64. The number of fused-ring (bicyclic) bond motifs is 3. The molecule has 0 aromatic heterocycles. The molecule has 2 heteroatoms. The molecule has 1 aliphatic heterocycles. The summed E-state index contributed by atoms with van der Waals surface area (Å²) in [5, 5.41) is 1.04. The number of nitrogens with zero attached hydrogens (tertiary/aromatic N) is 1. The van der Waals surface area contributed by atoms with Crippen LogP contribution in [-0.2, 0) is 13.0 Å². The van der Waals surface area contributed by atoms with Gasteiger partial charge >= 0.3 is 0 Å². The number of halogens is 1. The van der Waals surface area contributed by atoms with Crippen molar-refractivity contribution in [3.8, 4) is 0 Å². The van der Waals surface area contributed by atoms with Crippen LogP contribution in [0.2, 0.25) is 5.02 Å². The van der Waals surface area contributed by atoms with Crippen LogP contribution in [0.15, 0.2) is 42.5 Å². The lowest BCUT2D eigenvalue weighted by atomic mass is 9.66. The Kier molecular flexibility index (Phi) is 4.42. The van der Waals surface area contributed by atoms with E-state index < -0.39 is 0 Å². The van der Waals surface area contributed by atoms with Crippen molar-refractivity contribution < 1.29 is 0 Å². The van der Waals surface area contributed by atoms with E-state index >= 15 is 0 Å². The lowest BCUT2D eigenvalue weighted by Crippen LogP contribution is -2.31. The van der Waals surface area contributed by atoms with Crippen LogP contribution in [0.25, 0.3) is 0 Å². The van der Waals surface area contributed by atoms with E-state index in [0.717, 1.165) is 24.5 Å². The van der Waals surface area contributed by atoms with E-state index in [1.165, 1.54) is 35.2 Å². The molecule has 0 radical (unpaired) electrons. The minimum absolute atomic E-state index is 0.379. The minimum atomic E-state index is 0.379. The third-order valence-electron chi connectivity index (χ3n) is 6.37. The fourth-order valence-electron chi connectivity index (χ4n) is 4.94. The van der Waals surface area contributed by atoms with E-state index in [0.29, 0.717) is 17.3 Å². The fourth-order valence-corrected chi connectivity index (χ4v) is 5.43. The molecule has 1 nitrogen and oxygen atoms in total. The zero-order valence-electron chi connectivity index (χ0n) is 15.6. The molecule has 0 saturated carbocycles. The van der Waals surface area contributed by atoms with Crippen LogP contribution in [0.1, 0.15) is 61.3 Å². The predicted molar refractivity (Wildman–Crippen MR) is 106 cm³/mol. The first-order valence-electron chi connectivity index (χ1n) is 9.55. The lowest BCUT2D eigenvalue weighted by molar-refractivity contribution is 0.240. The Morgan fingerprint density at radius 1 is 1.16 bits per heavy atom. The molecule has 0 N–H and O–H groups in total. The third-order valence-corrected chi connectivity index (χ3v) is 6.82. The van der Waals surface area contributed by atoms with Gasteiger partial charge in [-0.3, -0.25) is 4.90 Å². The molecule has 1 heterocycles. The SMILES string of the molecule is CC(C)c1ccc2c(c1Cl)CC[C@@]1(C)CN(Cc3ccccc3)C[C@@H]21. The van der Waals surface area contributed by atoms with Gasteiger partial charge in [0.15, 0.2) is 0 Å². The van der Waals surface area contributed by atoms with Crippen molar-refractivity contribution in [3.05, 3.63) is 69.7 Å². The van der Waals surface area contributed by atoms with E-state index in [9.17, 15) is 0 Å². The first kappa shape index (κ1) is 17.1. The average molecular weight is 354 g/mol. The van der Waals surface area contributed by atoms with Crippen LogP contribution in [0.4, 0.5) is 0 Å². The molecule has 2 aromatic rings. The van der Waals surface area contributed by atoms with Gasteiger partial charge in [0.25, 0.3) is 0 Å². The highest BCUT2D eigenvalue weighted by Gasteiger charge is 2.46. The summed E-state index contributed by atoms with van der Waals surface area (Å²) < 4.78 is 0. The first-order valence-corrected chi connectivity index (χ1v) is 9.93. The van der Waals surface area contributed by atoms with E-state index in [1.807, 2.05) is 0 Å². The van der Waals surface area contributed by atoms with Crippen molar-refractivity contribution in [1.29, 1.82) is 0 Å². The summed E-state index contributed by atoms with van der Waals surface area (Å²) in [7, 11) is 0. The van der Waals surface area contributed by atoms with E-state index in [2.05, 4.69) is 68.1 Å². The van der Waals surface area contributed by atoms with Gasteiger partial charge in [0.2, 0.25) is 0 Å². The van der Waals surface area contributed by atoms with Crippen LogP contribution in [-0.4, -0.2) is 18.0 Å². The number of rotatable bonds is 3. The van der Waals surface area contributed by atoms with Gasteiger partial charge in [-0.2, -0.15) is 0 Å². The lowest BCUT2D eigenvalue weighted by Gasteiger charge is -2.37. The van der Waals surface area contributed by atoms with Crippen molar-refractivity contribution in [3.63, 3.8) is 0 Å². The Labute approximate surface area is 157 Å². The molecule has 0 unspecified atom stereocenters. The van der Waals surface area contributed by atoms with Crippen LogP contribution in [0.5, 0.6) is 0 Å². The van der Waals surface area contributed by atoms with Crippen molar-refractivity contribution >= 4 is 11.6 Å². The standard InChI is InChI=1S/C23H28ClN/c1-16(2)18-9-10-19-20(22(18)24)11-12-23(3)15-25(14-21(19)23)13-17-7-5-4-6-8-17/h4-10,16,21H,11-15H2,1-3H3/t21-,23-/m0/s1. The molecule has 132 valence electrons. The van der Waals surface area contributed by atoms with Crippen LogP contribution in [0.3, 0.4) is 0 Å². The van der Waals surface area contributed by atoms with Gasteiger partial charge in [0.05, 0.1) is 0 Å². The number of hydrogen-bond donors (Lipinski definition) is 0. The highest BCUT2D eigenvalue weighted by atomic mass is 35.5. The molecule has 0 spiro atoms. The van der Waals surface area contributed by atoms with Crippen LogP contribution < -0.4 is 0 Å². The van der Waals surface area contributed by atoms with Crippen LogP contribution in [0, 0.1) is 5.41 Å². The Balaban J connectivity index is 1.63. The van der Waals surface area contributed by atoms with Gasteiger partial charge in [-0.15, -0.1) is 0 Å². The highest BCUT2D eigenvalue weighted by Crippen LogP contribution is 2.52. The molecule has 2 aliphatic rings. The Morgan fingerprint density at radius 3 is 2.64 bits per heavy atom. The summed E-state index contributed by atoms with van der Waals surface area (Å²) >= 11 is 6.81. The Morgan fingerprint density at radius 2 is 1.92 bits per heavy atom. The third kappa shape index (κ3) is 3.02. The second kappa shape index (κ2) is 6.45. The quantitative estimate of drug-likeness (QED) is 0.652. The number of hydrogen-bond acceptors (Lipinski definition) is 1. The molecular formula is C23H28ClN. The zero-order valence-corrected chi connectivity index (χ0v) is 16.3. The topological polar surface area (TPSA) is 3.24 Å². The van der Waals surface area contributed by atoms with E-state index in [4.69, 9.17) is 11.6 Å². The molecule has 2 atom stereocenters. The zero-order chi connectivity index (χ0) is 17.6. The number of likely N-dealkylation sites (tertiary alicyclic amines) is 1. The summed E-state index contributed by atoms with van der Waals surface area (Å²) in [6.45, 7) is 10.3. The van der Waals surface area contributed by atoms with Crippen LogP contribution >= 0.6 is 11.6 Å². The maximum Gasteiger partial charge on any atom is 0.0475 e. The Hall–Kier alpha value is -1.31. The summed E-state index contributed by atoms with van der Waals surface area (Å²) in [6.07, 6.45) is 2.37. The summed E-state index contributed by atoms with van der Waals surface area (Å²) in [5.74, 6) is 1.10. The predicted octanol–water partition coefficient (Wildman–Crippen LogP) is 6.02. The van der Waals surface area contributed by atoms with Crippen molar-refractivity contribution in [2.45, 2.75) is 52.0 Å². The first-order chi connectivity index (χ1) is 12.0. The minimum Gasteiger partial charge on any atom is -0.298 e. The van der Waals surface area contributed by atoms with Gasteiger partial charge in [-0.05, 0) is 46.4 Å². The van der Waals surface area contributed by atoms with Gasteiger partial charge in [-0.1, -0.05) is 74.8 Å². The monoisotopic (exact) mass is 353 g/mol.